The molecule has 1 aliphatic rings. The Morgan fingerprint density at radius 2 is 1.90 bits per heavy atom. The third-order valence-corrected chi connectivity index (χ3v) is 5.68. The maximum atomic E-state index is 11.7. The summed E-state index contributed by atoms with van der Waals surface area (Å²) in [5, 5.41) is 3.57. The van der Waals surface area contributed by atoms with E-state index in [2.05, 4.69) is 19.2 Å². The van der Waals surface area contributed by atoms with Crippen LogP contribution in [0.15, 0.2) is 23.1 Å². The third-order valence-electron chi connectivity index (χ3n) is 4.57. The summed E-state index contributed by atoms with van der Waals surface area (Å²) in [6, 6.07) is 5.80. The van der Waals surface area contributed by atoms with Gasteiger partial charge in [0.2, 0.25) is 0 Å². The summed E-state index contributed by atoms with van der Waals surface area (Å²) in [6.45, 7) is 6.70. The van der Waals surface area contributed by atoms with Gasteiger partial charge < -0.3 is 5.32 Å². The second-order valence-corrected chi connectivity index (χ2v) is 9.20. The molecule has 1 aliphatic carbocycles. The molecule has 3 nitrogen and oxygen atoms in total. The molecule has 1 aromatic carbocycles. The minimum atomic E-state index is -3.15. The first-order valence-electron chi connectivity index (χ1n) is 7.75. The second kappa shape index (κ2) is 5.99. The fraction of sp³-hybridized carbons (Fsp3) is 0.647. The Labute approximate surface area is 129 Å². The minimum Gasteiger partial charge on any atom is -0.382 e. The van der Waals surface area contributed by atoms with E-state index < -0.39 is 9.84 Å². The van der Waals surface area contributed by atoms with Gasteiger partial charge in [-0.15, -0.1) is 0 Å². The molecule has 0 aliphatic heterocycles. The molecular formula is C17H27NO2S. The van der Waals surface area contributed by atoms with E-state index in [-0.39, 0.29) is 0 Å². The lowest BCUT2D eigenvalue weighted by Crippen LogP contribution is -2.20. The van der Waals surface area contributed by atoms with E-state index >= 15 is 0 Å². The first kappa shape index (κ1) is 16.3. The maximum absolute atomic E-state index is 11.7. The van der Waals surface area contributed by atoms with Gasteiger partial charge in [0.05, 0.1) is 4.90 Å². The van der Waals surface area contributed by atoms with Crippen molar-refractivity contribution in [2.24, 2.45) is 5.41 Å². The normalized spacial score (nSPS) is 22.6. The number of anilines is 1. The van der Waals surface area contributed by atoms with Crippen LogP contribution >= 0.6 is 0 Å². The van der Waals surface area contributed by atoms with Gasteiger partial charge in [0, 0.05) is 18.0 Å². The Kier molecular flexibility index (Phi) is 4.66. The fourth-order valence-electron chi connectivity index (χ4n) is 3.01. The number of sulfone groups is 1. The number of hydrogen-bond donors (Lipinski definition) is 1. The number of benzene rings is 1. The van der Waals surface area contributed by atoms with Gasteiger partial charge in [-0.1, -0.05) is 26.3 Å². The molecule has 2 rings (SSSR count). The average Bonchev–Trinajstić information content (AvgIpc) is 2.52. The zero-order chi connectivity index (χ0) is 15.7. The molecule has 1 fully saturated rings. The van der Waals surface area contributed by atoms with E-state index in [1.165, 1.54) is 25.5 Å². The van der Waals surface area contributed by atoms with Crippen LogP contribution in [-0.2, 0) is 9.84 Å². The van der Waals surface area contributed by atoms with Gasteiger partial charge >= 0.3 is 0 Å². The van der Waals surface area contributed by atoms with E-state index in [4.69, 9.17) is 0 Å². The summed E-state index contributed by atoms with van der Waals surface area (Å²) in [5.74, 6) is 0. The summed E-state index contributed by atoms with van der Waals surface area (Å²) >= 11 is 0. The van der Waals surface area contributed by atoms with E-state index in [1.54, 1.807) is 12.1 Å². The van der Waals surface area contributed by atoms with Gasteiger partial charge in [0.25, 0.3) is 0 Å². The standard InChI is InChI=1S/C17H27NO2S/c1-13-7-8-15(21(4,19)20)12-16(13)18-14-6-5-10-17(2,3)11-9-14/h7-8,12,14,18H,5-6,9-11H2,1-4H3. The zero-order valence-electron chi connectivity index (χ0n) is 13.6. The quantitative estimate of drug-likeness (QED) is 0.852. The molecular weight excluding hydrogens is 282 g/mol. The molecule has 0 heterocycles. The van der Waals surface area contributed by atoms with Gasteiger partial charge in [-0.2, -0.15) is 0 Å². The van der Waals surface area contributed by atoms with Crippen LogP contribution in [0.2, 0.25) is 0 Å². The van der Waals surface area contributed by atoms with E-state index in [9.17, 15) is 8.42 Å². The summed E-state index contributed by atoms with van der Waals surface area (Å²) in [5.41, 5.74) is 2.49. The molecule has 0 aromatic heterocycles. The van der Waals surface area contributed by atoms with E-state index in [1.807, 2.05) is 13.0 Å². The number of nitrogens with one attached hydrogen (secondary N) is 1. The van der Waals surface area contributed by atoms with Crippen molar-refractivity contribution >= 4 is 15.5 Å². The molecule has 21 heavy (non-hydrogen) atoms. The van der Waals surface area contributed by atoms with Crippen LogP contribution < -0.4 is 5.32 Å². The molecule has 118 valence electrons. The Morgan fingerprint density at radius 1 is 1.19 bits per heavy atom. The molecule has 0 saturated heterocycles. The highest BCUT2D eigenvalue weighted by molar-refractivity contribution is 7.90. The van der Waals surface area contributed by atoms with Gasteiger partial charge in [0.1, 0.15) is 0 Å². The lowest BCUT2D eigenvalue weighted by Gasteiger charge is -2.23. The second-order valence-electron chi connectivity index (χ2n) is 7.19. The van der Waals surface area contributed by atoms with Crippen molar-refractivity contribution in [3.05, 3.63) is 23.8 Å². The van der Waals surface area contributed by atoms with Crippen molar-refractivity contribution in [3.8, 4) is 0 Å². The molecule has 1 N–H and O–H groups in total. The maximum Gasteiger partial charge on any atom is 0.175 e. The molecule has 4 heteroatoms. The topological polar surface area (TPSA) is 46.2 Å². The number of hydrogen-bond acceptors (Lipinski definition) is 3. The van der Waals surface area contributed by atoms with Gasteiger partial charge in [-0.3, -0.25) is 0 Å². The van der Waals surface area contributed by atoms with Crippen molar-refractivity contribution in [1.82, 2.24) is 0 Å². The fourth-order valence-corrected chi connectivity index (χ4v) is 3.66. The minimum absolute atomic E-state index is 0.393. The average molecular weight is 309 g/mol. The van der Waals surface area contributed by atoms with Gasteiger partial charge in [-0.05, 0) is 55.7 Å². The number of aryl methyl sites for hydroxylation is 1. The SMILES string of the molecule is Cc1ccc(S(C)(=O)=O)cc1NC1CCCC(C)(C)CC1. The Morgan fingerprint density at radius 3 is 2.57 bits per heavy atom. The third kappa shape index (κ3) is 4.47. The van der Waals surface area contributed by atoms with Crippen LogP contribution in [0.1, 0.15) is 51.5 Å². The van der Waals surface area contributed by atoms with E-state index in [0.717, 1.165) is 24.1 Å². The van der Waals surface area contributed by atoms with Crippen LogP contribution in [0.25, 0.3) is 0 Å². The highest BCUT2D eigenvalue weighted by Crippen LogP contribution is 2.35. The molecule has 1 unspecified atom stereocenters. The molecule has 0 bridgehead atoms. The van der Waals surface area contributed by atoms with Crippen LogP contribution in [0.4, 0.5) is 5.69 Å². The predicted molar refractivity (Wildman–Crippen MR) is 88.6 cm³/mol. The lowest BCUT2D eigenvalue weighted by atomic mass is 9.85. The van der Waals surface area contributed by atoms with Gasteiger partial charge in [0.15, 0.2) is 9.84 Å². The predicted octanol–water partition coefficient (Wildman–Crippen LogP) is 4.17. The summed E-state index contributed by atoms with van der Waals surface area (Å²) < 4.78 is 23.4. The van der Waals surface area contributed by atoms with Crippen molar-refractivity contribution in [2.75, 3.05) is 11.6 Å². The lowest BCUT2D eigenvalue weighted by molar-refractivity contribution is 0.313. The van der Waals surface area contributed by atoms with Crippen LogP contribution in [-0.4, -0.2) is 20.7 Å². The van der Waals surface area contributed by atoms with Crippen LogP contribution in [0.3, 0.4) is 0 Å². The Bertz CT molecular complexity index is 605. The van der Waals surface area contributed by atoms with Crippen molar-refractivity contribution < 1.29 is 8.42 Å². The number of rotatable bonds is 3. The zero-order valence-corrected chi connectivity index (χ0v) is 14.4. The largest absolute Gasteiger partial charge is 0.382 e. The van der Waals surface area contributed by atoms with Gasteiger partial charge in [-0.25, -0.2) is 8.42 Å². The molecule has 0 radical (unpaired) electrons. The highest BCUT2D eigenvalue weighted by Gasteiger charge is 2.24. The molecule has 1 aromatic rings. The van der Waals surface area contributed by atoms with Crippen LogP contribution in [0, 0.1) is 12.3 Å². The highest BCUT2D eigenvalue weighted by atomic mass is 32.2. The summed E-state index contributed by atoms with van der Waals surface area (Å²) in [6.07, 6.45) is 7.29. The molecule has 0 spiro atoms. The van der Waals surface area contributed by atoms with Crippen molar-refractivity contribution in [2.45, 2.75) is 63.8 Å². The molecule has 1 atom stereocenters. The van der Waals surface area contributed by atoms with E-state index in [0.29, 0.717) is 16.4 Å². The van der Waals surface area contributed by atoms with Crippen molar-refractivity contribution in [1.29, 1.82) is 0 Å². The monoisotopic (exact) mass is 309 g/mol. The summed E-state index contributed by atoms with van der Waals surface area (Å²) in [7, 11) is -3.15. The van der Waals surface area contributed by atoms with Crippen LogP contribution in [0.5, 0.6) is 0 Å². The van der Waals surface area contributed by atoms with Crippen molar-refractivity contribution in [3.63, 3.8) is 0 Å². The first-order valence-corrected chi connectivity index (χ1v) is 9.64. The summed E-state index contributed by atoms with van der Waals surface area (Å²) in [4.78, 5) is 0.393. The molecule has 1 saturated carbocycles. The Balaban J connectivity index is 2.16. The smallest absolute Gasteiger partial charge is 0.175 e. The Hall–Kier alpha value is -1.03. The molecule has 0 amide bonds. The first-order chi connectivity index (χ1) is 9.67.